The quantitative estimate of drug-likeness (QED) is 0.461. The Bertz CT molecular complexity index is 1560. The number of halogens is 1. The summed E-state index contributed by atoms with van der Waals surface area (Å²) in [7, 11) is 0. The highest BCUT2D eigenvalue weighted by atomic mass is 19.1. The van der Waals surface area contributed by atoms with Crippen molar-refractivity contribution in [1.29, 1.82) is 0 Å². The summed E-state index contributed by atoms with van der Waals surface area (Å²) in [5.74, 6) is 0.249. The van der Waals surface area contributed by atoms with Gasteiger partial charge in [0.1, 0.15) is 17.0 Å². The average Bonchev–Trinajstić information content (AvgIpc) is 3.41. The number of nitrogens with zero attached hydrogens (tertiary/aromatic N) is 4. The predicted octanol–water partition coefficient (Wildman–Crippen LogP) is 3.84. The van der Waals surface area contributed by atoms with Crippen molar-refractivity contribution >= 4 is 29.3 Å². The molecular formula is C25H19FN6. The van der Waals surface area contributed by atoms with Crippen molar-refractivity contribution in [3.05, 3.63) is 89.1 Å². The van der Waals surface area contributed by atoms with Crippen LogP contribution in [0.5, 0.6) is 0 Å². The lowest BCUT2D eigenvalue weighted by atomic mass is 10.1. The topological polar surface area (TPSA) is 83.1 Å². The number of aromatic amines is 2. The van der Waals surface area contributed by atoms with Crippen LogP contribution in [0.1, 0.15) is 12.5 Å². The molecule has 0 radical (unpaired) electrons. The number of nitrogens with one attached hydrogen (secondary N) is 2. The van der Waals surface area contributed by atoms with E-state index in [0.717, 1.165) is 27.2 Å². The van der Waals surface area contributed by atoms with Crippen LogP contribution in [-0.4, -0.2) is 30.1 Å². The van der Waals surface area contributed by atoms with Crippen molar-refractivity contribution in [2.45, 2.75) is 6.92 Å². The number of aromatic nitrogens is 6. The van der Waals surface area contributed by atoms with E-state index < -0.39 is 0 Å². The molecule has 5 aromatic rings. The zero-order valence-electron chi connectivity index (χ0n) is 17.3. The first-order valence-corrected chi connectivity index (χ1v) is 10.0. The standard InChI is InChI=1S/C25H19FN6/c1-15(18-6-4-11-27-14-18)8-9-20-16(2)22(32-31-20)25-29-21-10-12-28-23(24(21)30-25)17-5-3-7-19(26)13-17/h3-14,31H,2H2,1H3,(H,29,30)/b15-8+,20-9+. The molecule has 0 aliphatic carbocycles. The van der Waals surface area contributed by atoms with Crippen LogP contribution in [0.25, 0.3) is 52.0 Å². The van der Waals surface area contributed by atoms with Gasteiger partial charge in [-0.25, -0.2) is 9.37 Å². The maximum absolute atomic E-state index is 13.7. The van der Waals surface area contributed by atoms with Crippen LogP contribution in [-0.2, 0) is 0 Å². The van der Waals surface area contributed by atoms with Crippen molar-refractivity contribution < 1.29 is 4.39 Å². The summed E-state index contributed by atoms with van der Waals surface area (Å²) >= 11 is 0. The second-order valence-corrected chi connectivity index (χ2v) is 7.37. The van der Waals surface area contributed by atoms with E-state index in [0.29, 0.717) is 28.3 Å². The van der Waals surface area contributed by atoms with Gasteiger partial charge >= 0.3 is 0 Å². The third-order valence-electron chi connectivity index (χ3n) is 5.24. The molecule has 4 heterocycles. The number of rotatable bonds is 4. The van der Waals surface area contributed by atoms with E-state index in [1.54, 1.807) is 18.5 Å². The van der Waals surface area contributed by atoms with Crippen LogP contribution < -0.4 is 10.6 Å². The fourth-order valence-corrected chi connectivity index (χ4v) is 3.51. The lowest BCUT2D eigenvalue weighted by Gasteiger charge is -2.01. The Morgan fingerprint density at radius 3 is 2.81 bits per heavy atom. The molecule has 0 saturated carbocycles. The first-order valence-electron chi connectivity index (χ1n) is 10.0. The van der Waals surface area contributed by atoms with E-state index in [1.165, 1.54) is 12.1 Å². The Morgan fingerprint density at radius 1 is 1.09 bits per heavy atom. The van der Waals surface area contributed by atoms with Crippen molar-refractivity contribution in [3.8, 4) is 22.8 Å². The first kappa shape index (κ1) is 19.6. The van der Waals surface area contributed by atoms with E-state index in [1.807, 2.05) is 49.5 Å². The van der Waals surface area contributed by atoms with Crippen molar-refractivity contribution in [1.82, 2.24) is 30.1 Å². The number of pyridine rings is 2. The van der Waals surface area contributed by atoms with Gasteiger partial charge < -0.3 is 4.98 Å². The Hall–Kier alpha value is -4.39. The van der Waals surface area contributed by atoms with Crippen molar-refractivity contribution in [2.24, 2.45) is 0 Å². The highest BCUT2D eigenvalue weighted by Crippen LogP contribution is 2.26. The number of imidazole rings is 1. The fraction of sp³-hybridized carbons (Fsp3) is 0.0400. The van der Waals surface area contributed by atoms with E-state index in [4.69, 9.17) is 4.98 Å². The summed E-state index contributed by atoms with van der Waals surface area (Å²) in [4.78, 5) is 16.6. The molecule has 0 amide bonds. The number of benzene rings is 1. The van der Waals surface area contributed by atoms with Gasteiger partial charge in [0.2, 0.25) is 0 Å². The minimum atomic E-state index is -0.320. The largest absolute Gasteiger partial charge is 0.336 e. The highest BCUT2D eigenvalue weighted by Gasteiger charge is 2.14. The molecule has 32 heavy (non-hydrogen) atoms. The molecule has 7 heteroatoms. The minimum absolute atomic E-state index is 0.320. The van der Waals surface area contributed by atoms with E-state index >= 15 is 0 Å². The number of allylic oxidation sites excluding steroid dienone is 2. The molecule has 0 bridgehead atoms. The molecule has 2 N–H and O–H groups in total. The molecule has 0 aliphatic heterocycles. The van der Waals surface area contributed by atoms with Gasteiger partial charge in [0.05, 0.1) is 16.6 Å². The molecule has 4 aromatic heterocycles. The SMILES string of the molecule is C=c1c(-c2nc3c(-c4cccc(F)c4)nccc3[nH]2)n[nH]/c1=C/C=C(\C)c1cccnc1. The fourth-order valence-electron chi connectivity index (χ4n) is 3.51. The molecule has 0 atom stereocenters. The number of hydrogen-bond donors (Lipinski definition) is 2. The van der Waals surface area contributed by atoms with Gasteiger partial charge in [0, 0.05) is 29.4 Å². The summed E-state index contributed by atoms with van der Waals surface area (Å²) in [6.07, 6.45) is 9.17. The summed E-state index contributed by atoms with van der Waals surface area (Å²) in [6.45, 7) is 6.20. The van der Waals surface area contributed by atoms with Crippen molar-refractivity contribution in [3.63, 3.8) is 0 Å². The van der Waals surface area contributed by atoms with Gasteiger partial charge in [0.25, 0.3) is 0 Å². The van der Waals surface area contributed by atoms with Crippen LogP contribution in [0, 0.1) is 5.82 Å². The molecule has 6 nitrogen and oxygen atoms in total. The summed E-state index contributed by atoms with van der Waals surface area (Å²) in [5.41, 5.74) is 5.43. The molecule has 0 aliphatic rings. The smallest absolute Gasteiger partial charge is 0.159 e. The van der Waals surface area contributed by atoms with Crippen LogP contribution in [0.3, 0.4) is 0 Å². The van der Waals surface area contributed by atoms with Gasteiger partial charge in [-0.1, -0.05) is 30.9 Å². The van der Waals surface area contributed by atoms with Crippen LogP contribution >= 0.6 is 0 Å². The van der Waals surface area contributed by atoms with E-state index in [-0.39, 0.29) is 5.82 Å². The predicted molar refractivity (Wildman–Crippen MR) is 124 cm³/mol. The normalized spacial score (nSPS) is 12.6. The molecule has 156 valence electrons. The van der Waals surface area contributed by atoms with Crippen LogP contribution in [0.4, 0.5) is 4.39 Å². The second-order valence-electron chi connectivity index (χ2n) is 7.37. The lowest BCUT2D eigenvalue weighted by molar-refractivity contribution is 0.628. The van der Waals surface area contributed by atoms with Crippen molar-refractivity contribution in [2.75, 3.05) is 0 Å². The third-order valence-corrected chi connectivity index (χ3v) is 5.24. The van der Waals surface area contributed by atoms with Gasteiger partial charge in [-0.3, -0.25) is 15.1 Å². The Kier molecular flexibility index (Phi) is 4.91. The first-order chi connectivity index (χ1) is 15.6. The number of H-pyrrole nitrogens is 2. The third kappa shape index (κ3) is 3.60. The zero-order chi connectivity index (χ0) is 22.1. The van der Waals surface area contributed by atoms with E-state index in [9.17, 15) is 4.39 Å². The summed E-state index contributed by atoms with van der Waals surface area (Å²) in [5, 5.41) is 8.94. The summed E-state index contributed by atoms with van der Waals surface area (Å²) < 4.78 is 13.7. The number of hydrogen-bond acceptors (Lipinski definition) is 4. The maximum Gasteiger partial charge on any atom is 0.159 e. The molecule has 0 fully saturated rings. The van der Waals surface area contributed by atoms with Gasteiger partial charge in [-0.2, -0.15) is 5.10 Å². The molecule has 0 saturated heterocycles. The summed E-state index contributed by atoms with van der Waals surface area (Å²) in [6, 6.07) is 12.1. The zero-order valence-corrected chi connectivity index (χ0v) is 17.3. The molecule has 1 aromatic carbocycles. The van der Waals surface area contributed by atoms with Gasteiger partial charge in [-0.15, -0.1) is 0 Å². The maximum atomic E-state index is 13.7. The monoisotopic (exact) mass is 422 g/mol. The number of fused-ring (bicyclic) bond motifs is 1. The Morgan fingerprint density at radius 2 is 2.00 bits per heavy atom. The van der Waals surface area contributed by atoms with Gasteiger partial charge in [0.15, 0.2) is 5.82 Å². The van der Waals surface area contributed by atoms with Crippen LogP contribution in [0.15, 0.2) is 67.1 Å². The highest BCUT2D eigenvalue weighted by molar-refractivity contribution is 5.91. The minimum Gasteiger partial charge on any atom is -0.336 e. The van der Waals surface area contributed by atoms with E-state index in [2.05, 4.69) is 31.7 Å². The van der Waals surface area contributed by atoms with Crippen LogP contribution in [0.2, 0.25) is 0 Å². The Labute approximate surface area is 182 Å². The molecule has 0 spiro atoms. The Balaban J connectivity index is 1.55. The van der Waals surface area contributed by atoms with Gasteiger partial charge in [-0.05, 0) is 48.4 Å². The molecular weight excluding hydrogens is 403 g/mol. The second kappa shape index (κ2) is 8.03. The molecule has 0 unspecified atom stereocenters. The average molecular weight is 422 g/mol. The lowest BCUT2D eigenvalue weighted by Crippen LogP contribution is -2.21. The molecule has 5 rings (SSSR count).